The molecule has 160 valence electrons. The van der Waals surface area contributed by atoms with Crippen LogP contribution in [0.3, 0.4) is 0 Å². The topological polar surface area (TPSA) is 80.1 Å². The highest BCUT2D eigenvalue weighted by Gasteiger charge is 2.33. The summed E-state index contributed by atoms with van der Waals surface area (Å²) < 4.78 is 6.22. The van der Waals surface area contributed by atoms with Gasteiger partial charge in [-0.05, 0) is 55.2 Å². The van der Waals surface area contributed by atoms with Crippen LogP contribution in [0.1, 0.15) is 24.0 Å². The predicted molar refractivity (Wildman–Crippen MR) is 122 cm³/mol. The van der Waals surface area contributed by atoms with Gasteiger partial charge in [-0.15, -0.1) is 5.10 Å². The number of benzene rings is 2. The molecular formula is C22H27Cl2N5O. The maximum atomic E-state index is 6.28. The molecule has 0 saturated carbocycles. The lowest BCUT2D eigenvalue weighted by atomic mass is 9.97. The SMILES string of the molecule is N/N=C(\N)N1CCC(N2Cc3cc(Cl)ccc3OCC2Cc2ccc(Cl)cc2)CC1. The van der Waals surface area contributed by atoms with Crippen molar-refractivity contribution in [3.63, 3.8) is 0 Å². The molecule has 30 heavy (non-hydrogen) atoms. The van der Waals surface area contributed by atoms with Crippen LogP contribution in [0.25, 0.3) is 0 Å². The van der Waals surface area contributed by atoms with Gasteiger partial charge in [0.1, 0.15) is 12.4 Å². The Bertz CT molecular complexity index is 897. The first-order valence-corrected chi connectivity index (χ1v) is 11.0. The van der Waals surface area contributed by atoms with E-state index >= 15 is 0 Å². The van der Waals surface area contributed by atoms with Crippen molar-refractivity contribution in [2.75, 3.05) is 19.7 Å². The Morgan fingerprint density at radius 2 is 1.77 bits per heavy atom. The summed E-state index contributed by atoms with van der Waals surface area (Å²) in [7, 11) is 0. The van der Waals surface area contributed by atoms with Crippen molar-refractivity contribution < 1.29 is 4.74 Å². The Morgan fingerprint density at radius 1 is 1.07 bits per heavy atom. The first kappa shape index (κ1) is 21.1. The van der Waals surface area contributed by atoms with Gasteiger partial charge >= 0.3 is 0 Å². The van der Waals surface area contributed by atoms with E-state index in [0.29, 0.717) is 18.6 Å². The van der Waals surface area contributed by atoms with E-state index in [1.54, 1.807) is 0 Å². The molecule has 1 fully saturated rings. The number of rotatable bonds is 3. The van der Waals surface area contributed by atoms with Gasteiger partial charge in [-0.25, -0.2) is 0 Å². The number of ether oxygens (including phenoxy) is 1. The third-order valence-electron chi connectivity index (χ3n) is 6.05. The highest BCUT2D eigenvalue weighted by Crippen LogP contribution is 2.32. The third kappa shape index (κ3) is 4.77. The average Bonchev–Trinajstić information content (AvgIpc) is 2.94. The minimum Gasteiger partial charge on any atom is -0.492 e. The van der Waals surface area contributed by atoms with Gasteiger partial charge in [0.15, 0.2) is 0 Å². The molecule has 2 heterocycles. The zero-order valence-electron chi connectivity index (χ0n) is 16.8. The van der Waals surface area contributed by atoms with Crippen molar-refractivity contribution in [2.45, 2.75) is 37.9 Å². The largest absolute Gasteiger partial charge is 0.492 e. The number of nitrogens with zero attached hydrogens (tertiary/aromatic N) is 3. The predicted octanol–water partition coefficient (Wildman–Crippen LogP) is 3.45. The Morgan fingerprint density at radius 3 is 2.47 bits per heavy atom. The van der Waals surface area contributed by atoms with E-state index in [1.807, 2.05) is 35.2 Å². The molecular weight excluding hydrogens is 421 g/mol. The van der Waals surface area contributed by atoms with Gasteiger partial charge < -0.3 is 21.2 Å². The summed E-state index contributed by atoms with van der Waals surface area (Å²) in [6, 6.07) is 14.6. The Kier molecular flexibility index (Phi) is 6.56. The van der Waals surface area contributed by atoms with Crippen molar-refractivity contribution >= 4 is 29.2 Å². The summed E-state index contributed by atoms with van der Waals surface area (Å²) in [5, 5.41) is 5.13. The molecule has 0 bridgehead atoms. The van der Waals surface area contributed by atoms with Gasteiger partial charge in [0, 0.05) is 47.3 Å². The lowest BCUT2D eigenvalue weighted by molar-refractivity contribution is 0.0669. The van der Waals surface area contributed by atoms with Crippen LogP contribution < -0.4 is 16.3 Å². The van der Waals surface area contributed by atoms with Crippen LogP contribution in [0, 0.1) is 0 Å². The molecule has 0 amide bonds. The summed E-state index contributed by atoms with van der Waals surface area (Å²) in [6.07, 6.45) is 2.87. The fourth-order valence-electron chi connectivity index (χ4n) is 4.42. The second-order valence-electron chi connectivity index (χ2n) is 7.93. The zero-order chi connectivity index (χ0) is 21.1. The van der Waals surface area contributed by atoms with E-state index in [9.17, 15) is 0 Å². The van der Waals surface area contributed by atoms with Gasteiger partial charge in [0.2, 0.25) is 5.96 Å². The summed E-state index contributed by atoms with van der Waals surface area (Å²) in [6.45, 7) is 3.11. The molecule has 0 aliphatic carbocycles. The van der Waals surface area contributed by atoms with E-state index in [-0.39, 0.29) is 6.04 Å². The number of hydrogen-bond donors (Lipinski definition) is 2. The fraction of sp³-hybridized carbons (Fsp3) is 0.409. The molecule has 8 heteroatoms. The number of likely N-dealkylation sites (tertiary alicyclic amines) is 1. The Hall–Kier alpha value is -2.15. The fourth-order valence-corrected chi connectivity index (χ4v) is 4.74. The molecule has 6 nitrogen and oxygen atoms in total. The van der Waals surface area contributed by atoms with Gasteiger partial charge in [-0.2, -0.15) is 0 Å². The van der Waals surface area contributed by atoms with Crippen LogP contribution in [-0.2, 0) is 13.0 Å². The van der Waals surface area contributed by atoms with E-state index in [2.05, 4.69) is 22.1 Å². The average molecular weight is 448 g/mol. The second-order valence-corrected chi connectivity index (χ2v) is 8.80. The zero-order valence-corrected chi connectivity index (χ0v) is 18.3. The highest BCUT2D eigenvalue weighted by atomic mass is 35.5. The van der Waals surface area contributed by atoms with Gasteiger partial charge in [-0.3, -0.25) is 4.90 Å². The van der Waals surface area contributed by atoms with Gasteiger partial charge in [0.05, 0.1) is 0 Å². The van der Waals surface area contributed by atoms with Crippen LogP contribution in [-0.4, -0.2) is 47.5 Å². The van der Waals surface area contributed by atoms with Crippen molar-refractivity contribution in [3.05, 3.63) is 63.6 Å². The lowest BCUT2D eigenvalue weighted by Crippen LogP contribution is -2.52. The van der Waals surface area contributed by atoms with Crippen LogP contribution in [0.2, 0.25) is 10.0 Å². The molecule has 2 aliphatic heterocycles. The Balaban J connectivity index is 1.57. The molecule has 0 radical (unpaired) electrons. The molecule has 4 N–H and O–H groups in total. The molecule has 4 rings (SSSR count). The molecule has 1 atom stereocenters. The summed E-state index contributed by atoms with van der Waals surface area (Å²) in [4.78, 5) is 4.62. The van der Waals surface area contributed by atoms with E-state index < -0.39 is 0 Å². The monoisotopic (exact) mass is 447 g/mol. The molecule has 2 aliphatic rings. The molecule has 0 spiro atoms. The third-order valence-corrected chi connectivity index (χ3v) is 6.54. The molecule has 1 unspecified atom stereocenters. The molecule has 0 aromatic heterocycles. The van der Waals surface area contributed by atoms with Crippen LogP contribution >= 0.6 is 23.2 Å². The standard InChI is InChI=1S/C22H27Cl2N5O/c23-17-3-1-15(2-4-17)11-20-14-30-21-6-5-18(24)12-16(21)13-29(20)19-7-9-28(10-8-19)22(25)27-26/h1-6,12,19-20H,7-11,13-14,26H2,(H2,25,27). The normalized spacial score (nSPS) is 21.1. The molecule has 1 saturated heterocycles. The van der Waals surface area contributed by atoms with Crippen molar-refractivity contribution in [1.82, 2.24) is 9.80 Å². The molecule has 2 aromatic carbocycles. The lowest BCUT2D eigenvalue weighted by Gasteiger charge is -2.41. The van der Waals surface area contributed by atoms with Gasteiger partial charge in [-0.1, -0.05) is 35.3 Å². The quantitative estimate of drug-likeness (QED) is 0.326. The van der Waals surface area contributed by atoms with E-state index in [4.69, 9.17) is 39.5 Å². The maximum absolute atomic E-state index is 6.28. The number of nitrogens with two attached hydrogens (primary N) is 2. The number of halogens is 2. The number of fused-ring (bicyclic) bond motifs is 1. The number of hydrogen-bond acceptors (Lipinski definition) is 4. The number of piperidine rings is 1. The minimum atomic E-state index is 0.245. The summed E-state index contributed by atoms with van der Waals surface area (Å²) in [5.41, 5.74) is 8.29. The first-order valence-electron chi connectivity index (χ1n) is 10.2. The van der Waals surface area contributed by atoms with Crippen LogP contribution in [0.4, 0.5) is 0 Å². The minimum absolute atomic E-state index is 0.245. The van der Waals surface area contributed by atoms with E-state index in [1.165, 1.54) is 5.56 Å². The highest BCUT2D eigenvalue weighted by molar-refractivity contribution is 6.30. The van der Waals surface area contributed by atoms with Crippen LogP contribution in [0.5, 0.6) is 5.75 Å². The summed E-state index contributed by atoms with van der Waals surface area (Å²) >= 11 is 12.4. The van der Waals surface area contributed by atoms with Crippen LogP contribution in [0.15, 0.2) is 47.6 Å². The molecule has 2 aromatic rings. The second kappa shape index (κ2) is 9.33. The van der Waals surface area contributed by atoms with Crippen molar-refractivity contribution in [1.29, 1.82) is 0 Å². The number of hydrazone groups is 1. The van der Waals surface area contributed by atoms with E-state index in [0.717, 1.165) is 60.3 Å². The maximum Gasteiger partial charge on any atom is 0.213 e. The smallest absolute Gasteiger partial charge is 0.213 e. The van der Waals surface area contributed by atoms with Crippen molar-refractivity contribution in [3.8, 4) is 5.75 Å². The Labute approximate surface area is 187 Å². The number of guanidine groups is 1. The van der Waals surface area contributed by atoms with Crippen molar-refractivity contribution in [2.24, 2.45) is 16.7 Å². The van der Waals surface area contributed by atoms with Gasteiger partial charge in [0.25, 0.3) is 0 Å². The summed E-state index contributed by atoms with van der Waals surface area (Å²) in [5.74, 6) is 6.68. The first-order chi connectivity index (χ1) is 14.5.